The van der Waals surface area contributed by atoms with Crippen LogP contribution in [0.15, 0.2) is 30.3 Å². The molecule has 0 bridgehead atoms. The van der Waals surface area contributed by atoms with Gasteiger partial charge < -0.3 is 29.2 Å². The molecule has 0 saturated carbocycles. The lowest BCUT2D eigenvalue weighted by molar-refractivity contribution is 0.0197. The van der Waals surface area contributed by atoms with Crippen molar-refractivity contribution in [3.8, 4) is 23.0 Å². The van der Waals surface area contributed by atoms with E-state index in [4.69, 9.17) is 18.9 Å². The Morgan fingerprint density at radius 3 is 2.42 bits per heavy atom. The molecule has 0 spiro atoms. The van der Waals surface area contributed by atoms with Gasteiger partial charge in [0.05, 0.1) is 27.4 Å². The number of hydrogen-bond acceptors (Lipinski definition) is 6. The lowest BCUT2D eigenvalue weighted by Crippen LogP contribution is -2.30. The van der Waals surface area contributed by atoms with Gasteiger partial charge in [0.15, 0.2) is 0 Å². The van der Waals surface area contributed by atoms with Gasteiger partial charge in [-0.1, -0.05) is 6.07 Å². The van der Waals surface area contributed by atoms with Crippen LogP contribution in [0.2, 0.25) is 0 Å². The number of fused-ring (bicyclic) bond motifs is 1. The molecule has 2 aromatic carbocycles. The maximum atomic E-state index is 11.2. The molecule has 0 fully saturated rings. The maximum Gasteiger partial charge on any atom is 0.339 e. The lowest BCUT2D eigenvalue weighted by Gasteiger charge is -2.32. The Hall–Kier alpha value is -2.93. The normalized spacial score (nSPS) is 18.5. The Morgan fingerprint density at radius 2 is 1.81 bits per heavy atom. The second-order valence-corrected chi connectivity index (χ2v) is 5.88. The average molecular weight is 360 g/mol. The van der Waals surface area contributed by atoms with E-state index in [1.54, 1.807) is 38.5 Å². The Bertz CT molecular complexity index is 831. The number of carbonyl (C=O) groups is 1. The highest BCUT2D eigenvalue weighted by molar-refractivity contribution is 5.91. The second kappa shape index (κ2) is 7.13. The van der Waals surface area contributed by atoms with Crippen LogP contribution in [0, 0.1) is 0 Å². The van der Waals surface area contributed by atoms with E-state index < -0.39 is 18.2 Å². The topological polar surface area (TPSA) is 94.5 Å². The minimum atomic E-state index is -1.08. The van der Waals surface area contributed by atoms with Crippen molar-refractivity contribution >= 4 is 5.97 Å². The summed E-state index contributed by atoms with van der Waals surface area (Å²) < 4.78 is 21.8. The summed E-state index contributed by atoms with van der Waals surface area (Å²) in [5.41, 5.74) is 1.42. The number of carboxylic acid groups (broad SMARTS) is 1. The molecule has 2 atom stereocenters. The number of aliphatic hydroxyl groups excluding tert-OH is 1. The number of benzene rings is 2. The van der Waals surface area contributed by atoms with Crippen molar-refractivity contribution in [2.75, 3.05) is 21.3 Å². The molecule has 0 amide bonds. The smallest absolute Gasteiger partial charge is 0.339 e. The lowest BCUT2D eigenvalue weighted by atomic mass is 9.93. The Labute approximate surface area is 150 Å². The van der Waals surface area contributed by atoms with Crippen molar-refractivity contribution in [1.29, 1.82) is 0 Å². The third kappa shape index (κ3) is 3.13. The summed E-state index contributed by atoms with van der Waals surface area (Å²) in [5, 5.41) is 19.8. The Morgan fingerprint density at radius 1 is 1.08 bits per heavy atom. The summed E-state index contributed by atoms with van der Waals surface area (Å²) in [7, 11) is 4.49. The third-order valence-corrected chi connectivity index (χ3v) is 4.40. The first kappa shape index (κ1) is 17.9. The summed E-state index contributed by atoms with van der Waals surface area (Å²) in [6.07, 6.45) is -1.17. The van der Waals surface area contributed by atoms with Gasteiger partial charge in [-0.2, -0.15) is 0 Å². The number of aromatic carboxylic acids is 1. The molecule has 2 N–H and O–H groups in total. The van der Waals surface area contributed by atoms with Gasteiger partial charge in [0.25, 0.3) is 0 Å². The van der Waals surface area contributed by atoms with Crippen LogP contribution >= 0.6 is 0 Å². The van der Waals surface area contributed by atoms with Crippen molar-refractivity contribution in [3.05, 3.63) is 47.0 Å². The molecule has 0 unspecified atom stereocenters. The first-order valence-corrected chi connectivity index (χ1v) is 7.99. The van der Waals surface area contributed by atoms with Gasteiger partial charge in [-0.15, -0.1) is 0 Å². The maximum absolute atomic E-state index is 11.2. The number of ether oxygens (including phenoxy) is 4. The van der Waals surface area contributed by atoms with Crippen molar-refractivity contribution in [1.82, 2.24) is 0 Å². The molecule has 7 nitrogen and oxygen atoms in total. The zero-order valence-electron chi connectivity index (χ0n) is 14.7. The highest BCUT2D eigenvalue weighted by Crippen LogP contribution is 2.43. The molecule has 7 heteroatoms. The van der Waals surface area contributed by atoms with Gasteiger partial charge in [-0.3, -0.25) is 0 Å². The first-order chi connectivity index (χ1) is 12.5. The fourth-order valence-electron chi connectivity index (χ4n) is 3.09. The zero-order valence-corrected chi connectivity index (χ0v) is 14.7. The van der Waals surface area contributed by atoms with Crippen molar-refractivity contribution in [2.24, 2.45) is 0 Å². The molecule has 26 heavy (non-hydrogen) atoms. The fourth-order valence-corrected chi connectivity index (χ4v) is 3.09. The highest BCUT2D eigenvalue weighted by Gasteiger charge is 2.33. The molecular formula is C19H20O7. The molecule has 1 aliphatic heterocycles. The zero-order chi connectivity index (χ0) is 18.8. The molecule has 1 aliphatic rings. The SMILES string of the molecule is COc1cc(OC)c2c(c1)O[C@H](c1ccc(C(=O)O)c(OC)c1)[C@H](O)C2. The molecule has 0 radical (unpaired) electrons. The summed E-state index contributed by atoms with van der Waals surface area (Å²) in [4.78, 5) is 11.2. The van der Waals surface area contributed by atoms with Crippen LogP contribution in [0.3, 0.4) is 0 Å². The predicted octanol–water partition coefficient (Wildman–Crippen LogP) is 2.45. The van der Waals surface area contributed by atoms with Crippen LogP contribution < -0.4 is 18.9 Å². The van der Waals surface area contributed by atoms with Gasteiger partial charge in [0.2, 0.25) is 0 Å². The summed E-state index contributed by atoms with van der Waals surface area (Å²) in [6.45, 7) is 0. The molecule has 1 heterocycles. The van der Waals surface area contributed by atoms with Gasteiger partial charge >= 0.3 is 5.97 Å². The summed E-state index contributed by atoms with van der Waals surface area (Å²) in [6, 6.07) is 8.09. The summed E-state index contributed by atoms with van der Waals surface area (Å²) >= 11 is 0. The van der Waals surface area contributed by atoms with Gasteiger partial charge in [-0.05, 0) is 17.7 Å². The average Bonchev–Trinajstić information content (AvgIpc) is 2.66. The van der Waals surface area contributed by atoms with Crippen LogP contribution in [0.4, 0.5) is 0 Å². The number of methoxy groups -OCH3 is 3. The predicted molar refractivity (Wildman–Crippen MR) is 92.6 cm³/mol. The molecule has 138 valence electrons. The minimum absolute atomic E-state index is 0.0466. The van der Waals surface area contributed by atoms with E-state index in [1.807, 2.05) is 0 Å². The van der Waals surface area contributed by atoms with E-state index in [1.165, 1.54) is 13.2 Å². The highest BCUT2D eigenvalue weighted by atomic mass is 16.5. The van der Waals surface area contributed by atoms with Gasteiger partial charge in [0.1, 0.15) is 34.7 Å². The Kier molecular flexibility index (Phi) is 4.90. The number of aliphatic hydroxyl groups is 1. The molecule has 3 rings (SSSR count). The van der Waals surface area contributed by atoms with E-state index in [0.29, 0.717) is 29.2 Å². The van der Waals surface area contributed by atoms with Crippen molar-refractivity contribution in [3.63, 3.8) is 0 Å². The van der Waals surface area contributed by atoms with Crippen LogP contribution in [0.1, 0.15) is 27.6 Å². The number of hydrogen-bond donors (Lipinski definition) is 2. The molecule has 0 aliphatic carbocycles. The molecular weight excluding hydrogens is 340 g/mol. The molecule has 0 aromatic heterocycles. The minimum Gasteiger partial charge on any atom is -0.496 e. The molecule has 2 aromatic rings. The first-order valence-electron chi connectivity index (χ1n) is 7.99. The monoisotopic (exact) mass is 360 g/mol. The largest absolute Gasteiger partial charge is 0.496 e. The van der Waals surface area contributed by atoms with Crippen LogP contribution in [-0.4, -0.2) is 43.6 Å². The van der Waals surface area contributed by atoms with E-state index in [2.05, 4.69) is 0 Å². The van der Waals surface area contributed by atoms with Gasteiger partial charge in [0, 0.05) is 24.1 Å². The van der Waals surface area contributed by atoms with E-state index in [-0.39, 0.29) is 11.3 Å². The quantitative estimate of drug-likeness (QED) is 0.846. The fraction of sp³-hybridized carbons (Fsp3) is 0.316. The van der Waals surface area contributed by atoms with Crippen molar-refractivity contribution < 1.29 is 34.0 Å². The number of rotatable bonds is 5. The number of carboxylic acids is 1. The van der Waals surface area contributed by atoms with Gasteiger partial charge in [-0.25, -0.2) is 4.79 Å². The molecule has 0 saturated heterocycles. The Balaban J connectivity index is 2.00. The summed E-state index contributed by atoms with van der Waals surface area (Å²) in [5.74, 6) is 0.834. The van der Waals surface area contributed by atoms with E-state index in [9.17, 15) is 15.0 Å². The van der Waals surface area contributed by atoms with E-state index in [0.717, 1.165) is 5.56 Å². The van der Waals surface area contributed by atoms with Crippen LogP contribution in [0.5, 0.6) is 23.0 Å². The third-order valence-electron chi connectivity index (χ3n) is 4.40. The second-order valence-electron chi connectivity index (χ2n) is 5.88. The van der Waals surface area contributed by atoms with E-state index >= 15 is 0 Å². The van der Waals surface area contributed by atoms with Crippen LogP contribution in [-0.2, 0) is 6.42 Å². The van der Waals surface area contributed by atoms with Crippen LogP contribution in [0.25, 0.3) is 0 Å². The standard InChI is InChI=1S/C19H20O7/c1-23-11-7-16(25-3)13-9-14(20)18(26-17(13)8-11)10-4-5-12(19(21)22)15(6-10)24-2/h4-8,14,18,20H,9H2,1-3H3,(H,21,22)/t14-,18-/m1/s1. The van der Waals surface area contributed by atoms with Crippen molar-refractivity contribution in [2.45, 2.75) is 18.6 Å².